The van der Waals surface area contributed by atoms with Gasteiger partial charge in [-0.1, -0.05) is 135 Å². The Morgan fingerprint density at radius 3 is 1.83 bits per heavy atom. The maximum atomic E-state index is 3.00. The van der Waals surface area contributed by atoms with Crippen molar-refractivity contribution in [1.82, 2.24) is 0 Å². The van der Waals surface area contributed by atoms with E-state index in [9.17, 15) is 0 Å². The van der Waals surface area contributed by atoms with E-state index in [0.717, 1.165) is 0 Å². The summed E-state index contributed by atoms with van der Waals surface area (Å²) in [5, 5.41) is 2.82. The van der Waals surface area contributed by atoms with Gasteiger partial charge in [-0.3, -0.25) is 0 Å². The third kappa shape index (κ3) is 5.42. The smallest absolute Gasteiger partial charge is 0.253 e. The van der Waals surface area contributed by atoms with Crippen molar-refractivity contribution in [1.29, 1.82) is 0 Å². The van der Waals surface area contributed by atoms with Gasteiger partial charge < -0.3 is 14.7 Å². The highest BCUT2D eigenvalue weighted by molar-refractivity contribution is 7.26. The lowest BCUT2D eigenvalue weighted by Crippen LogP contribution is -2.65. The van der Waals surface area contributed by atoms with Gasteiger partial charge in [0.15, 0.2) is 0 Å². The van der Waals surface area contributed by atoms with E-state index in [4.69, 9.17) is 0 Å². The van der Waals surface area contributed by atoms with E-state index in [1.807, 2.05) is 11.3 Å². The summed E-state index contributed by atoms with van der Waals surface area (Å²) in [6.45, 7) is 34.6. The minimum atomic E-state index is -0.0943. The van der Waals surface area contributed by atoms with Gasteiger partial charge in [-0.25, -0.2) is 0 Å². The number of hydrogen-bond acceptors (Lipinski definition) is 4. The van der Waals surface area contributed by atoms with Crippen LogP contribution in [0.4, 0.5) is 39.8 Å². The first-order valence-electron chi connectivity index (χ1n) is 26.6. The predicted molar refractivity (Wildman–Crippen MR) is 301 cm³/mol. The van der Waals surface area contributed by atoms with Gasteiger partial charge in [0.2, 0.25) is 0 Å². The fourth-order valence-corrected chi connectivity index (χ4v) is 17.2. The number of rotatable bonds is 2. The van der Waals surface area contributed by atoms with Gasteiger partial charge in [-0.15, -0.1) is 11.3 Å². The first-order valence-corrected chi connectivity index (χ1v) is 27.4. The van der Waals surface area contributed by atoms with Gasteiger partial charge >= 0.3 is 0 Å². The van der Waals surface area contributed by atoms with Gasteiger partial charge in [0.1, 0.15) is 0 Å². The molecule has 0 amide bonds. The maximum Gasteiger partial charge on any atom is 0.253 e. The molecule has 2 saturated carbocycles. The minimum Gasteiger partial charge on any atom is -0.335 e. The molecule has 5 heterocycles. The van der Waals surface area contributed by atoms with Crippen LogP contribution in [0.15, 0.2) is 84.9 Å². The standard InChI is InChI=1S/C64H72BN3S/c1-37-31-38(2)54-58-53(37)62(12)28-18-20-30-64(62,14)68(58)49-36-43(67-46-24-23-41(59(5,6)7)34-45(46)61(11)27-17-19-29-63(61,67)13)35-48-55(49)65(54)56-47(25-26-51-52(56)44-21-15-16-22-50(44)69-51)66(48)57-39(3)32-42(33-40(57)4)60(8,9)10/h15-16,21-26,31-36H,17-20,27-30H2,1-14H3. The molecule has 7 aromatic rings. The van der Waals surface area contributed by atoms with E-state index in [0.29, 0.717) is 0 Å². The van der Waals surface area contributed by atoms with Gasteiger partial charge in [-0.05, 0) is 181 Å². The summed E-state index contributed by atoms with van der Waals surface area (Å²) in [7, 11) is 0. The molecule has 4 aliphatic heterocycles. The lowest BCUT2D eigenvalue weighted by molar-refractivity contribution is 0.193. The second-order valence-electron chi connectivity index (χ2n) is 25.8. The predicted octanol–water partition coefficient (Wildman–Crippen LogP) is 16.0. The van der Waals surface area contributed by atoms with Crippen LogP contribution >= 0.6 is 11.3 Å². The molecule has 0 N–H and O–H groups in total. The normalized spacial score (nSPS) is 25.5. The number of anilines is 7. The van der Waals surface area contributed by atoms with E-state index >= 15 is 0 Å². The Kier molecular flexibility index (Phi) is 8.86. The summed E-state index contributed by atoms with van der Waals surface area (Å²) >= 11 is 1.97. The lowest BCUT2D eigenvalue weighted by Gasteiger charge is -2.54. The first-order chi connectivity index (χ1) is 32.6. The summed E-state index contributed by atoms with van der Waals surface area (Å²) in [5.74, 6) is 0. The van der Waals surface area contributed by atoms with Crippen LogP contribution in [-0.2, 0) is 21.7 Å². The zero-order valence-corrected chi connectivity index (χ0v) is 44.9. The van der Waals surface area contributed by atoms with Crippen LogP contribution in [0.25, 0.3) is 20.2 Å². The molecule has 2 aliphatic carbocycles. The minimum absolute atomic E-state index is 0.0145. The Labute approximate surface area is 417 Å². The molecule has 6 aromatic carbocycles. The number of hydrogen-bond donors (Lipinski definition) is 0. The Balaban J connectivity index is 1.21. The number of aryl methyl sites for hydroxylation is 4. The van der Waals surface area contributed by atoms with Crippen LogP contribution in [0.5, 0.6) is 0 Å². The van der Waals surface area contributed by atoms with Crippen LogP contribution in [-0.4, -0.2) is 17.8 Å². The Hall–Kier alpha value is -5.00. The van der Waals surface area contributed by atoms with Crippen molar-refractivity contribution in [2.75, 3.05) is 14.7 Å². The summed E-state index contributed by atoms with van der Waals surface area (Å²) in [6, 6.07) is 34.9. The molecule has 4 atom stereocenters. The lowest BCUT2D eigenvalue weighted by atomic mass is 9.32. The fraction of sp³-hybridized carbons (Fsp3) is 0.438. The third-order valence-corrected chi connectivity index (χ3v) is 21.0. The van der Waals surface area contributed by atoms with Crippen molar-refractivity contribution in [2.24, 2.45) is 0 Å². The summed E-state index contributed by atoms with van der Waals surface area (Å²) in [4.78, 5) is 8.67. The monoisotopic (exact) mass is 926 g/mol. The van der Waals surface area contributed by atoms with Crippen molar-refractivity contribution in [2.45, 2.75) is 181 Å². The van der Waals surface area contributed by atoms with Crippen molar-refractivity contribution < 1.29 is 0 Å². The highest BCUT2D eigenvalue weighted by atomic mass is 32.1. The van der Waals surface area contributed by atoms with Gasteiger partial charge in [-0.2, -0.15) is 0 Å². The molecule has 1 aromatic heterocycles. The largest absolute Gasteiger partial charge is 0.335 e. The van der Waals surface area contributed by atoms with E-state index < -0.39 is 0 Å². The van der Waals surface area contributed by atoms with E-state index in [1.54, 1.807) is 16.6 Å². The third-order valence-electron chi connectivity index (χ3n) is 19.9. The second-order valence-corrected chi connectivity index (χ2v) is 26.9. The van der Waals surface area contributed by atoms with Crippen molar-refractivity contribution in [3.05, 3.63) is 129 Å². The van der Waals surface area contributed by atoms with Crippen LogP contribution < -0.4 is 31.1 Å². The second kappa shape index (κ2) is 13.9. The average molecular weight is 926 g/mol. The molecular weight excluding hydrogens is 854 g/mol. The molecule has 5 heteroatoms. The molecule has 69 heavy (non-hydrogen) atoms. The zero-order chi connectivity index (χ0) is 48.3. The average Bonchev–Trinajstić information content (AvgIpc) is 3.84. The molecule has 0 saturated heterocycles. The topological polar surface area (TPSA) is 9.72 Å². The molecule has 0 radical (unpaired) electrons. The van der Waals surface area contributed by atoms with E-state index in [1.165, 1.54) is 156 Å². The molecule has 4 unspecified atom stereocenters. The molecular formula is C64H72BN3S. The van der Waals surface area contributed by atoms with Crippen LogP contribution in [0.3, 0.4) is 0 Å². The van der Waals surface area contributed by atoms with E-state index in [2.05, 4.69) is 197 Å². The van der Waals surface area contributed by atoms with Crippen LogP contribution in [0.2, 0.25) is 0 Å². The Morgan fingerprint density at radius 2 is 1.13 bits per heavy atom. The number of thiophene rings is 1. The molecule has 0 bridgehead atoms. The zero-order valence-electron chi connectivity index (χ0n) is 44.1. The number of nitrogens with zero attached hydrogens (tertiary/aromatic N) is 3. The van der Waals surface area contributed by atoms with Crippen LogP contribution in [0.1, 0.15) is 165 Å². The summed E-state index contributed by atoms with van der Waals surface area (Å²) < 4.78 is 2.76. The molecule has 6 aliphatic rings. The molecule has 352 valence electrons. The fourth-order valence-electron chi connectivity index (χ4n) is 16.0. The van der Waals surface area contributed by atoms with E-state index in [-0.39, 0.29) is 39.5 Å². The quantitative estimate of drug-likeness (QED) is 0.160. The van der Waals surface area contributed by atoms with Gasteiger partial charge in [0, 0.05) is 54.4 Å². The highest BCUT2D eigenvalue weighted by Crippen LogP contribution is 2.66. The first kappa shape index (κ1) is 44.0. The number of fused-ring (bicyclic) bond motifs is 14. The molecule has 0 spiro atoms. The van der Waals surface area contributed by atoms with Crippen molar-refractivity contribution >= 4 is 94.4 Å². The Morgan fingerprint density at radius 1 is 0.507 bits per heavy atom. The van der Waals surface area contributed by atoms with Gasteiger partial charge in [0.25, 0.3) is 6.71 Å². The van der Waals surface area contributed by atoms with Gasteiger partial charge in [0.05, 0.1) is 16.8 Å². The van der Waals surface area contributed by atoms with Crippen LogP contribution in [0, 0.1) is 27.7 Å². The number of benzene rings is 6. The van der Waals surface area contributed by atoms with Crippen molar-refractivity contribution in [3.8, 4) is 0 Å². The Bertz CT molecular complexity index is 3390. The SMILES string of the molecule is Cc1cc(C)c2c3c1B1c4c(cc(N5c6ccc(C(C)(C)C)cc6C6(C)CCCCC56C)cc4N3C3(C)CCCCC23C)N(c2c(C)cc(C(C)(C)C)cc2C)c2ccc3sc4ccccc4c3c21. The summed E-state index contributed by atoms with van der Waals surface area (Å²) in [6.07, 6.45) is 9.85. The molecule has 13 rings (SSSR count). The highest BCUT2D eigenvalue weighted by Gasteiger charge is 2.63. The van der Waals surface area contributed by atoms with Crippen molar-refractivity contribution in [3.63, 3.8) is 0 Å². The maximum absolute atomic E-state index is 3.00. The summed E-state index contributed by atoms with van der Waals surface area (Å²) in [5.41, 5.74) is 25.8. The molecule has 3 nitrogen and oxygen atoms in total. The molecule has 2 fully saturated rings.